The normalized spacial score (nSPS) is 11.2. The standard InChI is InChI=1S/C13H9ClFN3S/c1-6-3-4-8(15)11-10(6)12(14)18-13(17-11)9-5-16-7(2)19-9/h3-5H,1-2H3. The van der Waals surface area contributed by atoms with Crippen molar-refractivity contribution in [1.29, 1.82) is 0 Å². The molecule has 0 saturated heterocycles. The minimum absolute atomic E-state index is 0.251. The second kappa shape index (κ2) is 4.51. The van der Waals surface area contributed by atoms with Gasteiger partial charge in [-0.05, 0) is 25.5 Å². The van der Waals surface area contributed by atoms with E-state index in [2.05, 4.69) is 15.0 Å². The molecule has 0 unspecified atom stereocenters. The molecule has 0 spiro atoms. The molecule has 96 valence electrons. The van der Waals surface area contributed by atoms with Crippen LogP contribution in [0.1, 0.15) is 10.6 Å². The number of aryl methyl sites for hydroxylation is 2. The van der Waals surface area contributed by atoms with Crippen LogP contribution in [0.4, 0.5) is 4.39 Å². The molecule has 0 aliphatic rings. The van der Waals surface area contributed by atoms with E-state index in [9.17, 15) is 4.39 Å². The Hall–Kier alpha value is -1.59. The van der Waals surface area contributed by atoms with E-state index in [1.54, 1.807) is 12.3 Å². The van der Waals surface area contributed by atoms with Crippen LogP contribution in [-0.2, 0) is 0 Å². The van der Waals surface area contributed by atoms with Gasteiger partial charge in [0.05, 0.1) is 9.88 Å². The summed E-state index contributed by atoms with van der Waals surface area (Å²) in [6.45, 7) is 3.75. The lowest BCUT2D eigenvalue weighted by Crippen LogP contribution is -1.94. The maximum Gasteiger partial charge on any atom is 0.173 e. The maximum absolute atomic E-state index is 13.9. The highest BCUT2D eigenvalue weighted by atomic mass is 35.5. The van der Waals surface area contributed by atoms with Gasteiger partial charge in [-0.25, -0.2) is 19.3 Å². The molecule has 3 aromatic rings. The fourth-order valence-corrected chi connectivity index (χ4v) is 2.92. The fourth-order valence-electron chi connectivity index (χ4n) is 1.89. The molecule has 2 aromatic heterocycles. The first-order valence-corrected chi connectivity index (χ1v) is 6.81. The Kier molecular flexibility index (Phi) is 2.95. The first-order valence-electron chi connectivity index (χ1n) is 5.61. The van der Waals surface area contributed by atoms with Crippen LogP contribution in [0.3, 0.4) is 0 Å². The van der Waals surface area contributed by atoms with Gasteiger partial charge in [0.25, 0.3) is 0 Å². The molecule has 0 bridgehead atoms. The summed E-state index contributed by atoms with van der Waals surface area (Å²) in [5.41, 5.74) is 1.11. The van der Waals surface area contributed by atoms with E-state index in [0.717, 1.165) is 15.4 Å². The Balaban J connectivity index is 2.33. The van der Waals surface area contributed by atoms with E-state index in [0.29, 0.717) is 11.2 Å². The van der Waals surface area contributed by atoms with E-state index in [4.69, 9.17) is 11.6 Å². The monoisotopic (exact) mass is 293 g/mol. The predicted octanol–water partition coefficient (Wildman–Crippen LogP) is 4.16. The molecule has 2 heterocycles. The summed E-state index contributed by atoms with van der Waals surface area (Å²) in [5, 5.41) is 1.73. The van der Waals surface area contributed by atoms with Crippen LogP contribution in [0.2, 0.25) is 5.15 Å². The number of thiazole rings is 1. The van der Waals surface area contributed by atoms with Crippen LogP contribution in [-0.4, -0.2) is 15.0 Å². The lowest BCUT2D eigenvalue weighted by atomic mass is 10.1. The highest BCUT2D eigenvalue weighted by molar-refractivity contribution is 7.14. The molecule has 1 aromatic carbocycles. The Morgan fingerprint density at radius 1 is 1.21 bits per heavy atom. The van der Waals surface area contributed by atoms with Gasteiger partial charge < -0.3 is 0 Å². The van der Waals surface area contributed by atoms with Crippen LogP contribution >= 0.6 is 22.9 Å². The van der Waals surface area contributed by atoms with Gasteiger partial charge in [-0.3, -0.25) is 0 Å². The number of hydrogen-bond donors (Lipinski definition) is 0. The Morgan fingerprint density at radius 2 is 2.00 bits per heavy atom. The number of nitrogens with zero attached hydrogens (tertiary/aromatic N) is 3. The quantitative estimate of drug-likeness (QED) is 0.632. The minimum atomic E-state index is -0.396. The molecule has 0 aliphatic carbocycles. The van der Waals surface area contributed by atoms with Crippen molar-refractivity contribution in [3.8, 4) is 10.7 Å². The second-order valence-electron chi connectivity index (χ2n) is 4.17. The summed E-state index contributed by atoms with van der Waals surface area (Å²) in [5.74, 6) is 0.0139. The zero-order chi connectivity index (χ0) is 13.6. The number of hydrogen-bond acceptors (Lipinski definition) is 4. The Bertz CT molecular complexity index is 785. The molecule has 0 atom stereocenters. The third-order valence-corrected chi connectivity index (χ3v) is 3.99. The van der Waals surface area contributed by atoms with Crippen molar-refractivity contribution < 1.29 is 4.39 Å². The summed E-state index contributed by atoms with van der Waals surface area (Å²) in [4.78, 5) is 13.4. The number of rotatable bonds is 1. The lowest BCUT2D eigenvalue weighted by molar-refractivity contribution is 0.636. The van der Waals surface area contributed by atoms with Crippen LogP contribution < -0.4 is 0 Å². The van der Waals surface area contributed by atoms with Crippen molar-refractivity contribution in [1.82, 2.24) is 15.0 Å². The number of halogens is 2. The number of fused-ring (bicyclic) bond motifs is 1. The van der Waals surface area contributed by atoms with Gasteiger partial charge in [0, 0.05) is 11.6 Å². The summed E-state index contributed by atoms with van der Waals surface area (Å²) in [6.07, 6.45) is 1.67. The predicted molar refractivity (Wildman–Crippen MR) is 75.1 cm³/mol. The highest BCUT2D eigenvalue weighted by Crippen LogP contribution is 2.30. The summed E-state index contributed by atoms with van der Waals surface area (Å²) < 4.78 is 13.9. The van der Waals surface area contributed by atoms with Crippen molar-refractivity contribution in [3.63, 3.8) is 0 Å². The molecular formula is C13H9ClFN3S. The average Bonchev–Trinajstić information content (AvgIpc) is 2.80. The third kappa shape index (κ3) is 2.09. The lowest BCUT2D eigenvalue weighted by Gasteiger charge is -2.06. The summed E-state index contributed by atoms with van der Waals surface area (Å²) in [7, 11) is 0. The van der Waals surface area contributed by atoms with Crippen molar-refractivity contribution in [2.24, 2.45) is 0 Å². The van der Waals surface area contributed by atoms with Gasteiger partial charge in [0.15, 0.2) is 5.82 Å². The van der Waals surface area contributed by atoms with E-state index >= 15 is 0 Å². The summed E-state index contributed by atoms with van der Waals surface area (Å²) in [6, 6.07) is 3.06. The highest BCUT2D eigenvalue weighted by Gasteiger charge is 2.14. The number of benzene rings is 1. The average molecular weight is 294 g/mol. The molecule has 3 rings (SSSR count). The topological polar surface area (TPSA) is 38.7 Å². The molecule has 0 N–H and O–H groups in total. The molecule has 0 aliphatic heterocycles. The van der Waals surface area contributed by atoms with E-state index < -0.39 is 5.82 Å². The number of aromatic nitrogens is 3. The summed E-state index contributed by atoms with van der Waals surface area (Å²) >= 11 is 7.61. The van der Waals surface area contributed by atoms with E-state index in [1.165, 1.54) is 17.4 Å². The van der Waals surface area contributed by atoms with Gasteiger partial charge in [-0.2, -0.15) is 0 Å². The van der Waals surface area contributed by atoms with Gasteiger partial charge in [0.1, 0.15) is 16.5 Å². The van der Waals surface area contributed by atoms with Crippen molar-refractivity contribution >= 4 is 33.8 Å². The molecule has 0 radical (unpaired) electrons. The largest absolute Gasteiger partial charge is 0.249 e. The van der Waals surface area contributed by atoms with E-state index in [-0.39, 0.29) is 10.7 Å². The van der Waals surface area contributed by atoms with Crippen molar-refractivity contribution in [2.75, 3.05) is 0 Å². The van der Waals surface area contributed by atoms with Crippen LogP contribution in [0, 0.1) is 19.7 Å². The second-order valence-corrected chi connectivity index (χ2v) is 5.76. The van der Waals surface area contributed by atoms with Crippen LogP contribution in [0.15, 0.2) is 18.3 Å². The first-order chi connectivity index (χ1) is 9.06. The SMILES string of the molecule is Cc1ncc(-c2nc(Cl)c3c(C)ccc(F)c3n2)s1. The smallest absolute Gasteiger partial charge is 0.173 e. The molecular weight excluding hydrogens is 285 g/mol. The Labute approximate surface area is 118 Å². The molecule has 0 fully saturated rings. The molecule has 19 heavy (non-hydrogen) atoms. The maximum atomic E-state index is 13.9. The van der Waals surface area contributed by atoms with Crippen molar-refractivity contribution in [2.45, 2.75) is 13.8 Å². The van der Waals surface area contributed by atoms with Crippen LogP contribution in [0.5, 0.6) is 0 Å². The molecule has 6 heteroatoms. The van der Waals surface area contributed by atoms with Gasteiger partial charge in [0.2, 0.25) is 0 Å². The third-order valence-electron chi connectivity index (χ3n) is 2.81. The van der Waals surface area contributed by atoms with Crippen molar-refractivity contribution in [3.05, 3.63) is 39.9 Å². The van der Waals surface area contributed by atoms with Gasteiger partial charge in [-0.1, -0.05) is 17.7 Å². The molecule has 3 nitrogen and oxygen atoms in total. The Morgan fingerprint density at radius 3 is 2.68 bits per heavy atom. The zero-order valence-corrected chi connectivity index (χ0v) is 11.8. The van der Waals surface area contributed by atoms with Gasteiger partial charge in [-0.15, -0.1) is 11.3 Å². The zero-order valence-electron chi connectivity index (χ0n) is 10.2. The van der Waals surface area contributed by atoms with Gasteiger partial charge >= 0.3 is 0 Å². The first kappa shape index (κ1) is 12.4. The van der Waals surface area contributed by atoms with E-state index in [1.807, 2.05) is 13.8 Å². The minimum Gasteiger partial charge on any atom is -0.249 e. The fraction of sp³-hybridized carbons (Fsp3) is 0.154. The molecule has 0 saturated carbocycles. The molecule has 0 amide bonds. The van der Waals surface area contributed by atoms with Crippen LogP contribution in [0.25, 0.3) is 21.6 Å².